The molecule has 0 aromatic rings. The van der Waals surface area contributed by atoms with Crippen molar-refractivity contribution < 1.29 is 9.47 Å². The Bertz CT molecular complexity index is 259. The minimum absolute atomic E-state index is 0.109. The first-order valence-electron chi connectivity index (χ1n) is 7.06. The van der Waals surface area contributed by atoms with Crippen LogP contribution in [0.3, 0.4) is 0 Å². The standard InChI is InChI=1S/C14H27NO2S/c1-13(2,18-3)11-15-12-4-7-17-14(10-12)5-8-16-9-6-14/h12,15H,4-11H2,1-3H3. The average Bonchev–Trinajstić information content (AvgIpc) is 2.38. The molecule has 0 amide bonds. The summed E-state index contributed by atoms with van der Waals surface area (Å²) >= 11 is 1.93. The monoisotopic (exact) mass is 273 g/mol. The molecule has 18 heavy (non-hydrogen) atoms. The maximum absolute atomic E-state index is 6.07. The summed E-state index contributed by atoms with van der Waals surface area (Å²) in [4.78, 5) is 0. The number of hydrogen-bond donors (Lipinski definition) is 1. The molecule has 2 fully saturated rings. The smallest absolute Gasteiger partial charge is 0.0741 e. The first-order valence-corrected chi connectivity index (χ1v) is 8.28. The molecule has 2 aliphatic rings. The van der Waals surface area contributed by atoms with Gasteiger partial charge in [0.25, 0.3) is 0 Å². The highest BCUT2D eigenvalue weighted by molar-refractivity contribution is 7.99. The summed E-state index contributed by atoms with van der Waals surface area (Å²) in [6.45, 7) is 8.30. The molecule has 1 N–H and O–H groups in total. The van der Waals surface area contributed by atoms with Crippen molar-refractivity contribution in [3.63, 3.8) is 0 Å². The van der Waals surface area contributed by atoms with Crippen LogP contribution >= 0.6 is 11.8 Å². The van der Waals surface area contributed by atoms with Crippen molar-refractivity contribution in [1.29, 1.82) is 0 Å². The Balaban J connectivity index is 1.83. The molecule has 0 aliphatic carbocycles. The molecule has 0 saturated carbocycles. The van der Waals surface area contributed by atoms with Gasteiger partial charge in [-0.2, -0.15) is 11.8 Å². The molecule has 0 aromatic carbocycles. The van der Waals surface area contributed by atoms with Crippen LogP contribution in [0.4, 0.5) is 0 Å². The summed E-state index contributed by atoms with van der Waals surface area (Å²) in [5.74, 6) is 0. The van der Waals surface area contributed by atoms with Crippen LogP contribution in [0.15, 0.2) is 0 Å². The quantitative estimate of drug-likeness (QED) is 0.852. The van der Waals surface area contributed by atoms with Gasteiger partial charge in [0.1, 0.15) is 0 Å². The van der Waals surface area contributed by atoms with Gasteiger partial charge >= 0.3 is 0 Å². The topological polar surface area (TPSA) is 30.5 Å². The largest absolute Gasteiger partial charge is 0.381 e. The van der Waals surface area contributed by atoms with Gasteiger partial charge in [-0.3, -0.25) is 0 Å². The van der Waals surface area contributed by atoms with E-state index in [9.17, 15) is 0 Å². The number of rotatable bonds is 4. The number of nitrogens with one attached hydrogen (secondary N) is 1. The average molecular weight is 273 g/mol. The van der Waals surface area contributed by atoms with E-state index < -0.39 is 0 Å². The van der Waals surface area contributed by atoms with Gasteiger partial charge in [-0.05, 0) is 45.8 Å². The molecule has 0 aromatic heterocycles. The zero-order chi connectivity index (χ0) is 13.1. The Morgan fingerprint density at radius 1 is 1.28 bits per heavy atom. The maximum Gasteiger partial charge on any atom is 0.0741 e. The molecule has 3 nitrogen and oxygen atoms in total. The lowest BCUT2D eigenvalue weighted by molar-refractivity contribution is -0.140. The lowest BCUT2D eigenvalue weighted by Gasteiger charge is -2.44. The van der Waals surface area contributed by atoms with Crippen LogP contribution in [-0.2, 0) is 9.47 Å². The van der Waals surface area contributed by atoms with Crippen molar-refractivity contribution >= 4 is 11.8 Å². The summed E-state index contributed by atoms with van der Waals surface area (Å²) in [5.41, 5.74) is 0.109. The molecule has 2 rings (SSSR count). The highest BCUT2D eigenvalue weighted by Crippen LogP contribution is 2.34. The van der Waals surface area contributed by atoms with E-state index in [1.165, 1.54) is 0 Å². The first kappa shape index (κ1) is 14.6. The van der Waals surface area contributed by atoms with Gasteiger partial charge in [0.15, 0.2) is 0 Å². The van der Waals surface area contributed by atoms with Crippen LogP contribution in [0, 0.1) is 0 Å². The number of hydrogen-bond acceptors (Lipinski definition) is 4. The van der Waals surface area contributed by atoms with Gasteiger partial charge in [0, 0.05) is 37.2 Å². The van der Waals surface area contributed by atoms with Crippen LogP contribution in [0.2, 0.25) is 0 Å². The second kappa shape index (κ2) is 6.12. The predicted octanol–water partition coefficient (Wildman–Crippen LogP) is 2.45. The summed E-state index contributed by atoms with van der Waals surface area (Å²) in [6, 6.07) is 0.614. The highest BCUT2D eigenvalue weighted by atomic mass is 32.2. The molecule has 106 valence electrons. The second-order valence-electron chi connectivity index (χ2n) is 6.18. The fourth-order valence-electron chi connectivity index (χ4n) is 2.76. The lowest BCUT2D eigenvalue weighted by Crippen LogP contribution is -2.51. The minimum Gasteiger partial charge on any atom is -0.381 e. The van der Waals surface area contributed by atoms with Crippen LogP contribution in [0.25, 0.3) is 0 Å². The van der Waals surface area contributed by atoms with E-state index in [2.05, 4.69) is 25.4 Å². The number of thioether (sulfide) groups is 1. The third-order valence-electron chi connectivity index (χ3n) is 4.27. The van der Waals surface area contributed by atoms with E-state index in [1.807, 2.05) is 11.8 Å². The normalized spacial score (nSPS) is 28.5. The molecule has 1 spiro atoms. The van der Waals surface area contributed by atoms with E-state index in [0.717, 1.165) is 52.0 Å². The van der Waals surface area contributed by atoms with E-state index in [1.54, 1.807) is 0 Å². The Hall–Kier alpha value is 0.230. The summed E-state index contributed by atoms with van der Waals surface area (Å²) in [7, 11) is 0. The van der Waals surface area contributed by atoms with E-state index in [-0.39, 0.29) is 5.60 Å². The van der Waals surface area contributed by atoms with Crippen molar-refractivity contribution in [2.24, 2.45) is 0 Å². The van der Waals surface area contributed by atoms with Crippen LogP contribution in [-0.4, -0.2) is 49.0 Å². The van der Waals surface area contributed by atoms with Crippen LogP contribution in [0.1, 0.15) is 39.5 Å². The zero-order valence-corrected chi connectivity index (χ0v) is 12.8. The third-order valence-corrected chi connectivity index (χ3v) is 5.52. The molecular weight excluding hydrogens is 246 g/mol. The molecule has 0 radical (unpaired) electrons. The Labute approximate surface area is 115 Å². The Kier molecular flexibility index (Phi) is 4.98. The van der Waals surface area contributed by atoms with E-state index in [0.29, 0.717) is 10.8 Å². The second-order valence-corrected chi connectivity index (χ2v) is 7.69. The van der Waals surface area contributed by atoms with E-state index >= 15 is 0 Å². The minimum atomic E-state index is 0.109. The Morgan fingerprint density at radius 2 is 2.00 bits per heavy atom. The molecule has 2 heterocycles. The number of ether oxygens (including phenoxy) is 2. The van der Waals surface area contributed by atoms with Crippen molar-refractivity contribution in [3.05, 3.63) is 0 Å². The van der Waals surface area contributed by atoms with Gasteiger partial charge < -0.3 is 14.8 Å². The molecule has 0 bridgehead atoms. The summed E-state index contributed by atoms with van der Waals surface area (Å²) < 4.78 is 11.9. The molecule has 4 heteroatoms. The third kappa shape index (κ3) is 3.86. The highest BCUT2D eigenvalue weighted by Gasteiger charge is 2.39. The molecule has 2 saturated heterocycles. The Morgan fingerprint density at radius 3 is 2.67 bits per heavy atom. The van der Waals surface area contributed by atoms with Gasteiger partial charge in [-0.25, -0.2) is 0 Å². The molecule has 1 unspecified atom stereocenters. The maximum atomic E-state index is 6.07. The molecule has 2 aliphatic heterocycles. The van der Waals surface area contributed by atoms with Crippen LogP contribution in [0.5, 0.6) is 0 Å². The van der Waals surface area contributed by atoms with Crippen LogP contribution < -0.4 is 5.32 Å². The SMILES string of the molecule is CSC(C)(C)CNC1CCOC2(CCOCC2)C1. The first-order chi connectivity index (χ1) is 8.55. The summed E-state index contributed by atoms with van der Waals surface area (Å²) in [5, 5.41) is 3.74. The van der Waals surface area contributed by atoms with Gasteiger partial charge in [0.2, 0.25) is 0 Å². The molecule has 1 atom stereocenters. The van der Waals surface area contributed by atoms with Gasteiger partial charge in [0.05, 0.1) is 5.60 Å². The van der Waals surface area contributed by atoms with E-state index in [4.69, 9.17) is 9.47 Å². The predicted molar refractivity (Wildman–Crippen MR) is 77.4 cm³/mol. The lowest BCUT2D eigenvalue weighted by atomic mass is 9.84. The van der Waals surface area contributed by atoms with Crippen molar-refractivity contribution in [2.45, 2.75) is 55.9 Å². The van der Waals surface area contributed by atoms with Gasteiger partial charge in [-0.1, -0.05) is 0 Å². The van der Waals surface area contributed by atoms with Crippen molar-refractivity contribution in [3.8, 4) is 0 Å². The van der Waals surface area contributed by atoms with Crippen molar-refractivity contribution in [1.82, 2.24) is 5.32 Å². The fraction of sp³-hybridized carbons (Fsp3) is 1.00. The zero-order valence-electron chi connectivity index (χ0n) is 12.0. The van der Waals surface area contributed by atoms with Crippen molar-refractivity contribution in [2.75, 3.05) is 32.6 Å². The summed E-state index contributed by atoms with van der Waals surface area (Å²) in [6.07, 6.45) is 6.62. The molecular formula is C14H27NO2S. The van der Waals surface area contributed by atoms with Gasteiger partial charge in [-0.15, -0.1) is 0 Å². The fourth-order valence-corrected chi connectivity index (χ4v) is 2.98.